The zero-order valence-corrected chi connectivity index (χ0v) is 26.1. The third-order valence-corrected chi connectivity index (χ3v) is 8.85. The van der Waals surface area contributed by atoms with Crippen LogP contribution < -0.4 is 9.47 Å². The van der Waals surface area contributed by atoms with Gasteiger partial charge in [0.05, 0.1) is 26.9 Å². The van der Waals surface area contributed by atoms with Crippen LogP contribution in [0.4, 0.5) is 8.78 Å². The molecule has 2 saturated heterocycles. The lowest BCUT2D eigenvalue weighted by Crippen LogP contribution is -2.50. The number of nitrogens with zero attached hydrogens (tertiary/aromatic N) is 3. The van der Waals surface area contributed by atoms with Crippen LogP contribution in [-0.4, -0.2) is 90.9 Å². The molecule has 1 aromatic heterocycles. The van der Waals surface area contributed by atoms with Gasteiger partial charge < -0.3 is 23.7 Å². The standard InChI is InChI=1S/C35H39F2N3O6/c1-23-27(24-6-3-7-26(18-24)45-15-5-11-39-13-16-44-17-14-39)8-4-9-28(23)33-38-29-19-25(31(43-2)20-32(29)46-33)22-40-12-10-35(36,37)21-30(40)34(41)42/h3-4,6-9,18-20,30H,5,10-17,21-22H2,1-2H3,(H,41,42). The third-order valence-electron chi connectivity index (χ3n) is 8.85. The number of methoxy groups -OCH3 is 1. The van der Waals surface area contributed by atoms with Crippen molar-refractivity contribution in [1.82, 2.24) is 14.8 Å². The van der Waals surface area contributed by atoms with E-state index in [-0.39, 0.29) is 13.1 Å². The molecule has 0 bridgehead atoms. The van der Waals surface area contributed by atoms with E-state index in [4.69, 9.17) is 23.6 Å². The zero-order chi connectivity index (χ0) is 32.3. The molecular weight excluding hydrogens is 596 g/mol. The fraction of sp³-hybridized carbons (Fsp3) is 0.429. The van der Waals surface area contributed by atoms with Gasteiger partial charge in [0.25, 0.3) is 5.92 Å². The minimum Gasteiger partial charge on any atom is -0.496 e. The molecule has 1 N–H and O–H groups in total. The van der Waals surface area contributed by atoms with Crippen LogP contribution in [0, 0.1) is 6.92 Å². The summed E-state index contributed by atoms with van der Waals surface area (Å²) >= 11 is 0. The number of carboxylic acid groups (broad SMARTS) is 1. The van der Waals surface area contributed by atoms with E-state index in [1.54, 1.807) is 17.0 Å². The molecule has 0 aliphatic carbocycles. The third kappa shape index (κ3) is 7.16. The van der Waals surface area contributed by atoms with Crippen molar-refractivity contribution in [3.63, 3.8) is 0 Å². The number of ether oxygens (including phenoxy) is 3. The Morgan fingerprint density at radius 1 is 1.09 bits per heavy atom. The maximum Gasteiger partial charge on any atom is 0.321 e. The maximum absolute atomic E-state index is 14.0. The number of benzene rings is 3. The molecule has 1 unspecified atom stereocenters. The maximum atomic E-state index is 14.0. The van der Waals surface area contributed by atoms with Crippen molar-refractivity contribution in [3.8, 4) is 34.1 Å². The number of halogens is 2. The molecule has 0 saturated carbocycles. The van der Waals surface area contributed by atoms with Crippen LogP contribution in [0.3, 0.4) is 0 Å². The summed E-state index contributed by atoms with van der Waals surface area (Å²) in [5.74, 6) is -2.54. The summed E-state index contributed by atoms with van der Waals surface area (Å²) in [4.78, 5) is 20.5. The Hall–Kier alpha value is -4.06. The second-order valence-corrected chi connectivity index (χ2v) is 11.9. The average molecular weight is 636 g/mol. The topological polar surface area (TPSA) is 97.5 Å². The molecule has 3 aromatic carbocycles. The first-order valence-electron chi connectivity index (χ1n) is 15.7. The van der Waals surface area contributed by atoms with Crippen molar-refractivity contribution in [2.45, 2.75) is 44.7 Å². The Bertz CT molecular complexity index is 1690. The molecule has 0 spiro atoms. The Balaban J connectivity index is 1.20. The van der Waals surface area contributed by atoms with Crippen LogP contribution in [0.1, 0.15) is 30.4 Å². The van der Waals surface area contributed by atoms with E-state index in [9.17, 15) is 18.7 Å². The van der Waals surface area contributed by atoms with E-state index < -0.39 is 30.8 Å². The fourth-order valence-corrected chi connectivity index (χ4v) is 6.29. The monoisotopic (exact) mass is 635 g/mol. The summed E-state index contributed by atoms with van der Waals surface area (Å²) in [6.07, 6.45) is -0.174. The Labute approximate surface area is 266 Å². The van der Waals surface area contributed by atoms with Crippen LogP contribution in [0.25, 0.3) is 33.7 Å². The van der Waals surface area contributed by atoms with E-state index >= 15 is 0 Å². The van der Waals surface area contributed by atoms with Gasteiger partial charge in [0.2, 0.25) is 5.89 Å². The summed E-state index contributed by atoms with van der Waals surface area (Å²) in [5, 5.41) is 9.64. The molecule has 11 heteroatoms. The average Bonchev–Trinajstić information content (AvgIpc) is 3.46. The number of carboxylic acids is 1. The highest BCUT2D eigenvalue weighted by atomic mass is 19.3. The van der Waals surface area contributed by atoms with Crippen molar-refractivity contribution < 1.29 is 37.3 Å². The van der Waals surface area contributed by atoms with Gasteiger partial charge >= 0.3 is 5.97 Å². The smallest absolute Gasteiger partial charge is 0.321 e. The highest BCUT2D eigenvalue weighted by molar-refractivity contribution is 5.82. The molecule has 1 atom stereocenters. The second-order valence-electron chi connectivity index (χ2n) is 11.9. The number of hydrogen-bond donors (Lipinski definition) is 1. The molecule has 0 radical (unpaired) electrons. The number of oxazole rings is 1. The van der Waals surface area contributed by atoms with Gasteiger partial charge in [-0.15, -0.1) is 0 Å². The van der Waals surface area contributed by atoms with Crippen LogP contribution >= 0.6 is 0 Å². The second kappa shape index (κ2) is 13.7. The molecule has 9 nitrogen and oxygen atoms in total. The van der Waals surface area contributed by atoms with Crippen molar-refractivity contribution in [3.05, 3.63) is 65.7 Å². The number of fused-ring (bicyclic) bond motifs is 1. The van der Waals surface area contributed by atoms with Gasteiger partial charge in [-0.2, -0.15) is 0 Å². The van der Waals surface area contributed by atoms with E-state index in [0.717, 1.165) is 67.3 Å². The molecular formula is C35H39F2N3O6. The van der Waals surface area contributed by atoms with E-state index in [0.29, 0.717) is 34.9 Å². The summed E-state index contributed by atoms with van der Waals surface area (Å²) in [7, 11) is 1.51. The molecule has 0 amide bonds. The minimum atomic E-state index is -3.00. The molecule has 2 fully saturated rings. The number of rotatable bonds is 11. The summed E-state index contributed by atoms with van der Waals surface area (Å²) in [6.45, 7) is 7.26. The summed E-state index contributed by atoms with van der Waals surface area (Å²) < 4.78 is 51.3. The summed E-state index contributed by atoms with van der Waals surface area (Å²) in [6, 6.07) is 16.2. The molecule has 6 rings (SSSR count). The largest absolute Gasteiger partial charge is 0.496 e. The number of morpholine rings is 1. The first-order valence-corrected chi connectivity index (χ1v) is 15.7. The quantitative estimate of drug-likeness (QED) is 0.192. The van der Waals surface area contributed by atoms with Crippen LogP contribution in [0.15, 0.2) is 59.0 Å². The van der Waals surface area contributed by atoms with Gasteiger partial charge in [-0.25, -0.2) is 13.8 Å². The summed E-state index contributed by atoms with van der Waals surface area (Å²) in [5.41, 5.74) is 5.59. The van der Waals surface area contributed by atoms with Gasteiger partial charge in [0.15, 0.2) is 5.58 Å². The van der Waals surface area contributed by atoms with Crippen LogP contribution in [0.2, 0.25) is 0 Å². The highest BCUT2D eigenvalue weighted by Crippen LogP contribution is 2.37. The normalized spacial score (nSPS) is 18.9. The van der Waals surface area contributed by atoms with Crippen molar-refractivity contribution in [1.29, 1.82) is 0 Å². The predicted molar refractivity (Wildman–Crippen MR) is 170 cm³/mol. The Morgan fingerprint density at radius 3 is 2.65 bits per heavy atom. The molecule has 2 aliphatic rings. The first kappa shape index (κ1) is 31.9. The number of piperidine rings is 1. The number of likely N-dealkylation sites (tertiary alicyclic amines) is 1. The molecule has 3 heterocycles. The number of aromatic nitrogens is 1. The van der Waals surface area contributed by atoms with Gasteiger partial charge in [0, 0.05) is 62.8 Å². The predicted octanol–water partition coefficient (Wildman–Crippen LogP) is 6.26. The van der Waals surface area contributed by atoms with E-state index in [1.165, 1.54) is 7.11 Å². The molecule has 4 aromatic rings. The number of hydrogen-bond acceptors (Lipinski definition) is 8. The first-order chi connectivity index (χ1) is 22.2. The van der Waals surface area contributed by atoms with Crippen LogP contribution in [-0.2, 0) is 16.1 Å². The van der Waals surface area contributed by atoms with Gasteiger partial charge in [-0.1, -0.05) is 24.3 Å². The highest BCUT2D eigenvalue weighted by Gasteiger charge is 2.43. The van der Waals surface area contributed by atoms with Gasteiger partial charge in [0.1, 0.15) is 23.1 Å². The van der Waals surface area contributed by atoms with E-state index in [1.807, 2.05) is 37.3 Å². The Morgan fingerprint density at radius 2 is 1.87 bits per heavy atom. The van der Waals surface area contributed by atoms with Gasteiger partial charge in [-0.05, 0) is 54.3 Å². The zero-order valence-electron chi connectivity index (χ0n) is 26.1. The Kier molecular flexibility index (Phi) is 9.53. The number of alkyl halides is 2. The molecule has 244 valence electrons. The lowest BCUT2D eigenvalue weighted by Gasteiger charge is -2.37. The molecule has 2 aliphatic heterocycles. The lowest BCUT2D eigenvalue weighted by molar-refractivity contribution is -0.154. The van der Waals surface area contributed by atoms with Crippen molar-refractivity contribution >= 4 is 17.1 Å². The SMILES string of the molecule is COc1cc2oc(-c3cccc(-c4cccc(OCCCN5CCOCC5)c4)c3C)nc2cc1CN1CCC(F)(F)CC1C(=O)O. The van der Waals surface area contributed by atoms with E-state index in [2.05, 4.69) is 17.0 Å². The van der Waals surface area contributed by atoms with Gasteiger partial charge in [-0.3, -0.25) is 14.6 Å². The fourth-order valence-electron chi connectivity index (χ4n) is 6.29. The lowest BCUT2D eigenvalue weighted by atomic mass is 9.96. The molecule has 46 heavy (non-hydrogen) atoms. The van der Waals surface area contributed by atoms with Crippen LogP contribution in [0.5, 0.6) is 11.5 Å². The minimum absolute atomic E-state index is 0.0398. The number of aliphatic carboxylic acids is 1. The van der Waals surface area contributed by atoms with Crippen molar-refractivity contribution in [2.24, 2.45) is 0 Å². The van der Waals surface area contributed by atoms with Crippen molar-refractivity contribution in [2.75, 3.05) is 53.1 Å². The number of carbonyl (C=O) groups is 1.